The maximum Gasteiger partial charge on any atom is 0.273 e. The summed E-state index contributed by atoms with van der Waals surface area (Å²) in [5, 5.41) is 7.57. The van der Waals surface area contributed by atoms with Crippen molar-refractivity contribution < 1.29 is 14.3 Å². The first-order valence-electron chi connectivity index (χ1n) is 11.5. The molecule has 0 bridgehead atoms. The number of H-pyrrole nitrogens is 1. The van der Waals surface area contributed by atoms with E-state index in [1.54, 1.807) is 7.11 Å². The van der Waals surface area contributed by atoms with Crippen molar-refractivity contribution in [1.29, 1.82) is 0 Å². The Hall–Kier alpha value is -4.06. The highest BCUT2D eigenvalue weighted by atomic mass is 16.5. The molecule has 34 heavy (non-hydrogen) atoms. The van der Waals surface area contributed by atoms with Crippen molar-refractivity contribution in [3.05, 3.63) is 101 Å². The topological polar surface area (TPSA) is 67.5 Å². The van der Waals surface area contributed by atoms with Gasteiger partial charge < -0.3 is 14.4 Å². The maximum absolute atomic E-state index is 13.5. The quantitative estimate of drug-likeness (QED) is 0.376. The molecule has 0 saturated carbocycles. The molecule has 0 aliphatic carbocycles. The molecule has 1 aromatic heterocycles. The molecular formula is C28H27N3O3. The summed E-state index contributed by atoms with van der Waals surface area (Å²) in [7, 11) is 1.64. The first kappa shape index (κ1) is 21.8. The van der Waals surface area contributed by atoms with E-state index in [4.69, 9.17) is 9.47 Å². The van der Waals surface area contributed by atoms with Crippen LogP contribution in [-0.2, 0) is 6.54 Å². The van der Waals surface area contributed by atoms with E-state index in [2.05, 4.69) is 17.1 Å². The zero-order chi connectivity index (χ0) is 23.5. The zero-order valence-corrected chi connectivity index (χ0v) is 19.3. The Morgan fingerprint density at radius 1 is 0.941 bits per heavy atom. The second-order valence-electron chi connectivity index (χ2n) is 8.33. The van der Waals surface area contributed by atoms with Gasteiger partial charge in [-0.2, -0.15) is 5.10 Å². The molecule has 1 aliphatic heterocycles. The molecule has 1 atom stereocenters. The average molecular weight is 454 g/mol. The Bertz CT molecular complexity index is 1260. The number of amides is 1. The highest BCUT2D eigenvalue weighted by Gasteiger charge is 2.42. The summed E-state index contributed by atoms with van der Waals surface area (Å²) >= 11 is 0. The van der Waals surface area contributed by atoms with Crippen LogP contribution in [0, 0.1) is 0 Å². The van der Waals surface area contributed by atoms with Crippen molar-refractivity contribution in [1.82, 2.24) is 15.1 Å². The number of methoxy groups -OCH3 is 1. The lowest BCUT2D eigenvalue weighted by atomic mass is 9.95. The number of nitrogens with one attached hydrogen (secondary N) is 1. The second kappa shape index (κ2) is 9.43. The van der Waals surface area contributed by atoms with E-state index in [1.165, 1.54) is 0 Å². The highest BCUT2D eigenvalue weighted by molar-refractivity contribution is 6.00. The predicted molar refractivity (Wildman–Crippen MR) is 131 cm³/mol. The van der Waals surface area contributed by atoms with Crippen LogP contribution in [0.2, 0.25) is 0 Å². The minimum atomic E-state index is -0.265. The van der Waals surface area contributed by atoms with E-state index in [0.29, 0.717) is 18.8 Å². The molecule has 0 fully saturated rings. The zero-order valence-electron chi connectivity index (χ0n) is 19.3. The standard InChI is InChI=1S/C28H27N3O3/c1-3-17-34-23-15-11-21(12-16-23)27-24-25(20-9-13-22(33-2)14-10-20)29-30-26(24)28(32)31(27)18-19-7-5-4-6-8-19/h4-16,27H,3,17-18H2,1-2H3,(H,29,30). The highest BCUT2D eigenvalue weighted by Crippen LogP contribution is 2.44. The fourth-order valence-electron chi connectivity index (χ4n) is 4.42. The molecule has 0 spiro atoms. The fraction of sp³-hybridized carbons (Fsp3) is 0.214. The lowest BCUT2D eigenvalue weighted by Crippen LogP contribution is -2.29. The largest absolute Gasteiger partial charge is 0.497 e. The molecule has 1 aliphatic rings. The third-order valence-electron chi connectivity index (χ3n) is 6.09. The summed E-state index contributed by atoms with van der Waals surface area (Å²) in [6, 6.07) is 25.6. The van der Waals surface area contributed by atoms with Crippen LogP contribution in [0.25, 0.3) is 11.3 Å². The molecule has 5 rings (SSSR count). The second-order valence-corrected chi connectivity index (χ2v) is 8.33. The molecule has 1 amide bonds. The van der Waals surface area contributed by atoms with Crippen molar-refractivity contribution in [2.24, 2.45) is 0 Å². The van der Waals surface area contributed by atoms with Crippen molar-refractivity contribution in [2.45, 2.75) is 25.9 Å². The van der Waals surface area contributed by atoms with E-state index >= 15 is 0 Å². The molecule has 2 heterocycles. The Morgan fingerprint density at radius 2 is 1.65 bits per heavy atom. The number of hydrogen-bond acceptors (Lipinski definition) is 4. The number of ether oxygens (including phenoxy) is 2. The van der Waals surface area contributed by atoms with Gasteiger partial charge in [-0.05, 0) is 53.9 Å². The number of carbonyl (C=O) groups excluding carboxylic acids is 1. The van der Waals surface area contributed by atoms with E-state index < -0.39 is 0 Å². The van der Waals surface area contributed by atoms with Gasteiger partial charge in [-0.15, -0.1) is 0 Å². The Kier molecular flexibility index (Phi) is 6.04. The molecule has 172 valence electrons. The number of aromatic nitrogens is 2. The van der Waals surface area contributed by atoms with Crippen LogP contribution in [0.15, 0.2) is 78.9 Å². The van der Waals surface area contributed by atoms with Crippen LogP contribution in [0.1, 0.15) is 46.6 Å². The number of fused-ring (bicyclic) bond motifs is 1. The Labute approximate surface area is 199 Å². The molecular weight excluding hydrogens is 426 g/mol. The minimum Gasteiger partial charge on any atom is -0.497 e. The summed E-state index contributed by atoms with van der Waals surface area (Å²) < 4.78 is 11.1. The van der Waals surface area contributed by atoms with Gasteiger partial charge in [-0.1, -0.05) is 49.4 Å². The van der Waals surface area contributed by atoms with Gasteiger partial charge in [0, 0.05) is 17.7 Å². The van der Waals surface area contributed by atoms with Gasteiger partial charge in [0.05, 0.1) is 25.5 Å². The molecule has 6 nitrogen and oxygen atoms in total. The first-order valence-corrected chi connectivity index (χ1v) is 11.5. The molecule has 6 heteroatoms. The monoisotopic (exact) mass is 453 g/mol. The maximum atomic E-state index is 13.5. The number of rotatable bonds is 8. The van der Waals surface area contributed by atoms with E-state index in [0.717, 1.165) is 45.9 Å². The SMILES string of the molecule is CCCOc1ccc(C2c3c(-c4ccc(OC)cc4)n[nH]c3C(=O)N2Cc2ccccc2)cc1. The van der Waals surface area contributed by atoms with Crippen molar-refractivity contribution in [3.8, 4) is 22.8 Å². The van der Waals surface area contributed by atoms with Crippen LogP contribution in [0.5, 0.6) is 11.5 Å². The smallest absolute Gasteiger partial charge is 0.273 e. The van der Waals surface area contributed by atoms with E-state index in [1.807, 2.05) is 83.8 Å². The molecule has 3 aromatic carbocycles. The predicted octanol–water partition coefficient (Wildman–Crippen LogP) is 5.62. The van der Waals surface area contributed by atoms with Crippen molar-refractivity contribution in [2.75, 3.05) is 13.7 Å². The number of aromatic amines is 1. The Morgan fingerprint density at radius 3 is 2.32 bits per heavy atom. The summed E-state index contributed by atoms with van der Waals surface area (Å²) in [5.74, 6) is 1.55. The third-order valence-corrected chi connectivity index (χ3v) is 6.09. The number of nitrogens with zero attached hydrogens (tertiary/aromatic N) is 2. The summed E-state index contributed by atoms with van der Waals surface area (Å²) in [5.41, 5.74) is 5.24. The molecule has 0 saturated heterocycles. The number of carbonyl (C=O) groups is 1. The number of benzene rings is 3. The summed E-state index contributed by atoms with van der Waals surface area (Å²) in [6.07, 6.45) is 0.952. The van der Waals surface area contributed by atoms with Gasteiger partial charge in [0.2, 0.25) is 0 Å². The molecule has 1 unspecified atom stereocenters. The van der Waals surface area contributed by atoms with Crippen molar-refractivity contribution >= 4 is 5.91 Å². The molecule has 1 N–H and O–H groups in total. The van der Waals surface area contributed by atoms with Gasteiger partial charge in [0.25, 0.3) is 5.91 Å². The number of hydrogen-bond donors (Lipinski definition) is 1. The van der Waals surface area contributed by atoms with Crippen LogP contribution in [-0.4, -0.2) is 34.7 Å². The average Bonchev–Trinajstić information content (AvgIpc) is 3.43. The van der Waals surface area contributed by atoms with Gasteiger partial charge >= 0.3 is 0 Å². The van der Waals surface area contributed by atoms with Gasteiger partial charge in [-0.25, -0.2) is 0 Å². The molecule has 4 aromatic rings. The normalized spacial score (nSPS) is 14.8. The Balaban J connectivity index is 1.57. The fourth-order valence-corrected chi connectivity index (χ4v) is 4.42. The van der Waals surface area contributed by atoms with Gasteiger partial charge in [-0.3, -0.25) is 9.89 Å². The summed E-state index contributed by atoms with van der Waals surface area (Å²) in [4.78, 5) is 15.5. The van der Waals surface area contributed by atoms with Crippen LogP contribution < -0.4 is 9.47 Å². The minimum absolute atomic E-state index is 0.0533. The van der Waals surface area contributed by atoms with Crippen LogP contribution in [0.4, 0.5) is 0 Å². The van der Waals surface area contributed by atoms with Crippen LogP contribution >= 0.6 is 0 Å². The van der Waals surface area contributed by atoms with Gasteiger partial charge in [0.15, 0.2) is 0 Å². The summed E-state index contributed by atoms with van der Waals surface area (Å²) in [6.45, 7) is 3.26. The first-order chi connectivity index (χ1) is 16.7. The van der Waals surface area contributed by atoms with Gasteiger partial charge in [0.1, 0.15) is 17.2 Å². The van der Waals surface area contributed by atoms with Crippen molar-refractivity contribution in [3.63, 3.8) is 0 Å². The third kappa shape index (κ3) is 4.03. The lowest BCUT2D eigenvalue weighted by molar-refractivity contribution is 0.0730. The lowest BCUT2D eigenvalue weighted by Gasteiger charge is -2.26. The van der Waals surface area contributed by atoms with E-state index in [9.17, 15) is 4.79 Å². The van der Waals surface area contributed by atoms with Crippen LogP contribution in [0.3, 0.4) is 0 Å². The van der Waals surface area contributed by atoms with E-state index in [-0.39, 0.29) is 11.9 Å². The molecule has 0 radical (unpaired) electrons.